The van der Waals surface area contributed by atoms with Gasteiger partial charge in [-0.3, -0.25) is 4.79 Å². The SMILES string of the molecule is CN1CCN(C(=O)c2cc3c([nH]2)CCCC3N=O)CC1. The van der Waals surface area contributed by atoms with Crippen LogP contribution >= 0.6 is 0 Å². The molecule has 6 heteroatoms. The van der Waals surface area contributed by atoms with Crippen molar-refractivity contribution >= 4 is 5.91 Å². The molecule has 1 aromatic heterocycles. The fourth-order valence-corrected chi connectivity index (χ4v) is 3.05. The highest BCUT2D eigenvalue weighted by atomic mass is 16.3. The van der Waals surface area contributed by atoms with E-state index in [4.69, 9.17) is 0 Å². The number of hydrogen-bond acceptors (Lipinski definition) is 4. The van der Waals surface area contributed by atoms with Crippen LogP contribution in [0.1, 0.15) is 40.6 Å². The quantitative estimate of drug-likeness (QED) is 0.833. The van der Waals surface area contributed by atoms with Crippen LogP contribution in [-0.2, 0) is 6.42 Å². The maximum Gasteiger partial charge on any atom is 0.270 e. The number of hydrogen-bond donors (Lipinski definition) is 1. The van der Waals surface area contributed by atoms with E-state index in [0.717, 1.165) is 56.7 Å². The highest BCUT2D eigenvalue weighted by Gasteiger charge is 2.27. The van der Waals surface area contributed by atoms with Crippen LogP contribution < -0.4 is 0 Å². The molecule has 3 rings (SSSR count). The predicted molar refractivity (Wildman–Crippen MR) is 75.7 cm³/mol. The molecular formula is C14H20N4O2. The molecule has 0 radical (unpaired) electrons. The van der Waals surface area contributed by atoms with Crippen molar-refractivity contribution in [3.63, 3.8) is 0 Å². The van der Waals surface area contributed by atoms with Crippen molar-refractivity contribution in [2.75, 3.05) is 33.2 Å². The second-order valence-electron chi connectivity index (χ2n) is 5.73. The Balaban J connectivity index is 1.79. The van der Waals surface area contributed by atoms with E-state index in [-0.39, 0.29) is 11.9 Å². The summed E-state index contributed by atoms with van der Waals surface area (Å²) in [5, 5.41) is 3.18. The Morgan fingerprint density at radius 1 is 1.35 bits per heavy atom. The van der Waals surface area contributed by atoms with Gasteiger partial charge in [-0.1, -0.05) is 5.18 Å². The summed E-state index contributed by atoms with van der Waals surface area (Å²) in [6, 6.07) is 1.55. The first-order valence-electron chi connectivity index (χ1n) is 7.21. The van der Waals surface area contributed by atoms with Crippen LogP contribution in [0.3, 0.4) is 0 Å². The number of piperazine rings is 1. The topological polar surface area (TPSA) is 68.8 Å². The molecule has 1 aliphatic carbocycles. The van der Waals surface area contributed by atoms with E-state index in [9.17, 15) is 9.70 Å². The van der Waals surface area contributed by atoms with Gasteiger partial charge in [0.2, 0.25) is 0 Å². The van der Waals surface area contributed by atoms with Gasteiger partial charge in [-0.15, -0.1) is 0 Å². The van der Waals surface area contributed by atoms with Crippen molar-refractivity contribution in [2.24, 2.45) is 5.18 Å². The van der Waals surface area contributed by atoms with Crippen molar-refractivity contribution in [3.05, 3.63) is 27.9 Å². The number of aromatic nitrogens is 1. The summed E-state index contributed by atoms with van der Waals surface area (Å²) in [6.07, 6.45) is 2.64. The number of nitroso groups, excluding NO2 is 1. The number of rotatable bonds is 2. The Hall–Kier alpha value is -1.69. The zero-order valence-corrected chi connectivity index (χ0v) is 11.8. The van der Waals surface area contributed by atoms with Crippen LogP contribution in [0.2, 0.25) is 0 Å². The minimum atomic E-state index is -0.288. The molecule has 0 aromatic carbocycles. The fourth-order valence-electron chi connectivity index (χ4n) is 3.05. The molecule has 1 amide bonds. The number of amides is 1. The Morgan fingerprint density at radius 3 is 2.80 bits per heavy atom. The monoisotopic (exact) mass is 276 g/mol. The predicted octanol–water partition coefficient (Wildman–Crippen LogP) is 1.55. The number of nitrogens with zero attached hydrogens (tertiary/aromatic N) is 3. The molecule has 1 fully saturated rings. The summed E-state index contributed by atoms with van der Waals surface area (Å²) < 4.78 is 0. The summed E-state index contributed by atoms with van der Waals surface area (Å²) >= 11 is 0. The number of likely N-dealkylation sites (N-methyl/N-ethyl adjacent to an activating group) is 1. The largest absolute Gasteiger partial charge is 0.354 e. The van der Waals surface area contributed by atoms with Crippen LogP contribution in [0, 0.1) is 4.91 Å². The van der Waals surface area contributed by atoms with E-state index in [1.165, 1.54) is 0 Å². The number of carbonyl (C=O) groups excluding carboxylic acids is 1. The van der Waals surface area contributed by atoms with E-state index < -0.39 is 0 Å². The maximum atomic E-state index is 12.5. The lowest BCUT2D eigenvalue weighted by molar-refractivity contribution is 0.0658. The number of aromatic amines is 1. The second-order valence-corrected chi connectivity index (χ2v) is 5.73. The lowest BCUT2D eigenvalue weighted by Gasteiger charge is -2.32. The highest BCUT2D eigenvalue weighted by molar-refractivity contribution is 5.93. The van der Waals surface area contributed by atoms with Gasteiger partial charge >= 0.3 is 0 Å². The molecule has 0 bridgehead atoms. The number of aryl methyl sites for hydroxylation is 1. The van der Waals surface area contributed by atoms with Gasteiger partial charge in [0.25, 0.3) is 5.91 Å². The van der Waals surface area contributed by atoms with Crippen molar-refractivity contribution < 1.29 is 4.79 Å². The molecule has 1 unspecified atom stereocenters. The standard InChI is InChI=1S/C14H20N4O2/c1-17-5-7-18(8-6-17)14(19)13-9-10-11(15-13)3-2-4-12(10)16-20/h9,12,15H,2-8H2,1H3. The second kappa shape index (κ2) is 5.36. The van der Waals surface area contributed by atoms with Gasteiger partial charge in [0.15, 0.2) is 0 Å². The van der Waals surface area contributed by atoms with Crippen molar-refractivity contribution in [1.82, 2.24) is 14.8 Å². The van der Waals surface area contributed by atoms with Crippen LogP contribution in [0.15, 0.2) is 11.2 Å². The Kier molecular flexibility index (Phi) is 3.56. The van der Waals surface area contributed by atoms with Gasteiger partial charge in [0.1, 0.15) is 11.7 Å². The van der Waals surface area contributed by atoms with Gasteiger partial charge in [-0.2, -0.15) is 4.91 Å². The molecule has 108 valence electrons. The Labute approximate surface area is 118 Å². The third-order valence-electron chi connectivity index (χ3n) is 4.35. The molecule has 20 heavy (non-hydrogen) atoms. The highest BCUT2D eigenvalue weighted by Crippen LogP contribution is 2.33. The number of nitrogens with one attached hydrogen (secondary N) is 1. The number of H-pyrrole nitrogens is 1. The minimum absolute atomic E-state index is 0.0390. The summed E-state index contributed by atoms with van der Waals surface area (Å²) in [5.74, 6) is 0.0390. The average molecular weight is 276 g/mol. The molecular weight excluding hydrogens is 256 g/mol. The maximum absolute atomic E-state index is 12.5. The van der Waals surface area contributed by atoms with Gasteiger partial charge in [-0.25, -0.2) is 0 Å². The molecule has 2 heterocycles. The van der Waals surface area contributed by atoms with Crippen LogP contribution in [-0.4, -0.2) is 53.9 Å². The van der Waals surface area contributed by atoms with Gasteiger partial charge < -0.3 is 14.8 Å². The Bertz CT molecular complexity index is 517. The Morgan fingerprint density at radius 2 is 2.10 bits per heavy atom. The van der Waals surface area contributed by atoms with Gasteiger partial charge in [0, 0.05) is 37.4 Å². The van der Waals surface area contributed by atoms with Crippen molar-refractivity contribution in [2.45, 2.75) is 25.3 Å². The molecule has 0 saturated carbocycles. The zero-order valence-electron chi connectivity index (χ0n) is 11.8. The third kappa shape index (κ3) is 2.35. The molecule has 1 aliphatic heterocycles. The number of carbonyl (C=O) groups is 1. The van der Waals surface area contributed by atoms with E-state index >= 15 is 0 Å². The number of fused-ring (bicyclic) bond motifs is 1. The summed E-state index contributed by atoms with van der Waals surface area (Å²) in [5.41, 5.74) is 2.54. The minimum Gasteiger partial charge on any atom is -0.354 e. The summed E-state index contributed by atoms with van der Waals surface area (Å²) in [7, 11) is 2.06. The molecule has 6 nitrogen and oxygen atoms in total. The lowest BCUT2D eigenvalue weighted by Crippen LogP contribution is -2.47. The molecule has 1 aromatic rings. The summed E-state index contributed by atoms with van der Waals surface area (Å²) in [4.78, 5) is 30.7. The molecule has 1 saturated heterocycles. The average Bonchev–Trinajstić information content (AvgIpc) is 2.91. The fraction of sp³-hybridized carbons (Fsp3) is 0.643. The zero-order chi connectivity index (χ0) is 14.1. The lowest BCUT2D eigenvalue weighted by atomic mass is 9.93. The van der Waals surface area contributed by atoms with Crippen LogP contribution in [0.25, 0.3) is 0 Å². The smallest absolute Gasteiger partial charge is 0.270 e. The van der Waals surface area contributed by atoms with Gasteiger partial charge in [-0.05, 0) is 32.4 Å². The molecule has 1 atom stereocenters. The first-order chi connectivity index (χ1) is 9.69. The first kappa shape index (κ1) is 13.3. The summed E-state index contributed by atoms with van der Waals surface area (Å²) in [6.45, 7) is 3.33. The van der Waals surface area contributed by atoms with Crippen LogP contribution in [0.5, 0.6) is 0 Å². The van der Waals surface area contributed by atoms with E-state index in [1.54, 1.807) is 0 Å². The first-order valence-corrected chi connectivity index (χ1v) is 7.21. The van der Waals surface area contributed by atoms with Crippen molar-refractivity contribution in [3.8, 4) is 0 Å². The van der Waals surface area contributed by atoms with E-state index in [2.05, 4.69) is 22.1 Å². The van der Waals surface area contributed by atoms with Crippen molar-refractivity contribution in [1.29, 1.82) is 0 Å². The molecule has 0 spiro atoms. The van der Waals surface area contributed by atoms with Gasteiger partial charge in [0.05, 0.1) is 0 Å². The van der Waals surface area contributed by atoms with E-state index in [0.29, 0.717) is 5.69 Å². The normalized spacial score (nSPS) is 23.4. The molecule has 2 aliphatic rings. The third-order valence-corrected chi connectivity index (χ3v) is 4.35. The van der Waals surface area contributed by atoms with E-state index in [1.807, 2.05) is 11.0 Å². The van der Waals surface area contributed by atoms with Crippen LogP contribution in [0.4, 0.5) is 0 Å². The molecule has 1 N–H and O–H groups in total.